The lowest BCUT2D eigenvalue weighted by molar-refractivity contribution is -0.115. The van der Waals surface area contributed by atoms with Gasteiger partial charge in [-0.25, -0.2) is 4.99 Å². The standard InChI is InChI=1S/C19H11Cl2N3OS/c20-13-4-1-5-14(21)17(13)23-19-24-18(25)16(26-19)10-11-6-7-15-12(9-11)3-2-8-22-15/h1-10H,(H,23,24,25)/b16-10-. The lowest BCUT2D eigenvalue weighted by Gasteiger charge is -2.01. The van der Waals surface area contributed by atoms with Gasteiger partial charge >= 0.3 is 0 Å². The third-order valence-corrected chi connectivity index (χ3v) is 5.25. The molecular formula is C19H11Cl2N3OS. The molecule has 1 amide bonds. The molecule has 1 fully saturated rings. The molecule has 1 aliphatic heterocycles. The number of pyridine rings is 1. The van der Waals surface area contributed by atoms with Crippen LogP contribution in [-0.2, 0) is 4.79 Å². The number of fused-ring (bicyclic) bond motifs is 1. The number of rotatable bonds is 2. The molecule has 2 heterocycles. The van der Waals surface area contributed by atoms with Crippen LogP contribution in [0.2, 0.25) is 10.0 Å². The first-order chi connectivity index (χ1) is 12.6. The van der Waals surface area contributed by atoms with Gasteiger partial charge in [0.1, 0.15) is 5.69 Å². The summed E-state index contributed by atoms with van der Waals surface area (Å²) in [6, 6.07) is 14.9. The molecule has 1 aromatic heterocycles. The number of nitrogens with one attached hydrogen (secondary N) is 1. The Morgan fingerprint density at radius 2 is 1.88 bits per heavy atom. The van der Waals surface area contributed by atoms with Gasteiger partial charge in [-0.15, -0.1) is 0 Å². The summed E-state index contributed by atoms with van der Waals surface area (Å²) in [6.07, 6.45) is 3.58. The van der Waals surface area contributed by atoms with Gasteiger partial charge < -0.3 is 5.32 Å². The van der Waals surface area contributed by atoms with Gasteiger partial charge in [-0.05, 0) is 53.7 Å². The lowest BCUT2D eigenvalue weighted by Crippen LogP contribution is -2.19. The van der Waals surface area contributed by atoms with Crippen molar-refractivity contribution in [1.82, 2.24) is 10.3 Å². The van der Waals surface area contributed by atoms with E-state index in [0.29, 0.717) is 25.8 Å². The highest BCUT2D eigenvalue weighted by molar-refractivity contribution is 8.18. The van der Waals surface area contributed by atoms with Crippen LogP contribution < -0.4 is 5.32 Å². The number of aliphatic imine (C=N–C) groups is 1. The number of benzene rings is 2. The molecule has 0 atom stereocenters. The number of para-hydroxylation sites is 1. The monoisotopic (exact) mass is 399 g/mol. The molecule has 26 heavy (non-hydrogen) atoms. The number of halogens is 2. The minimum absolute atomic E-state index is 0.205. The molecule has 0 saturated carbocycles. The molecule has 0 radical (unpaired) electrons. The molecule has 2 aromatic carbocycles. The van der Waals surface area contributed by atoms with E-state index in [2.05, 4.69) is 15.3 Å². The highest BCUT2D eigenvalue weighted by Gasteiger charge is 2.24. The summed E-state index contributed by atoms with van der Waals surface area (Å²) in [5.74, 6) is -0.205. The smallest absolute Gasteiger partial charge is 0.264 e. The Balaban J connectivity index is 1.65. The average molecular weight is 400 g/mol. The zero-order valence-electron chi connectivity index (χ0n) is 13.2. The van der Waals surface area contributed by atoms with Gasteiger partial charge in [-0.2, -0.15) is 0 Å². The maximum Gasteiger partial charge on any atom is 0.264 e. The van der Waals surface area contributed by atoms with Crippen LogP contribution in [0.4, 0.5) is 5.69 Å². The van der Waals surface area contributed by atoms with Crippen LogP contribution in [0.25, 0.3) is 17.0 Å². The second-order valence-corrected chi connectivity index (χ2v) is 7.35. The van der Waals surface area contributed by atoms with E-state index in [-0.39, 0.29) is 5.91 Å². The quantitative estimate of drug-likeness (QED) is 0.584. The predicted octanol–water partition coefficient (Wildman–Crippen LogP) is 5.43. The largest absolute Gasteiger partial charge is 0.300 e. The summed E-state index contributed by atoms with van der Waals surface area (Å²) in [5.41, 5.74) is 2.27. The summed E-state index contributed by atoms with van der Waals surface area (Å²) in [5, 5.41) is 5.06. The Kier molecular flexibility index (Phi) is 4.68. The fourth-order valence-corrected chi connectivity index (χ4v) is 3.82. The lowest BCUT2D eigenvalue weighted by atomic mass is 10.1. The fourth-order valence-electron chi connectivity index (χ4n) is 2.51. The summed E-state index contributed by atoms with van der Waals surface area (Å²) in [4.78, 5) is 21.5. The van der Waals surface area contributed by atoms with E-state index >= 15 is 0 Å². The molecule has 1 N–H and O–H groups in total. The zero-order valence-corrected chi connectivity index (χ0v) is 15.6. The van der Waals surface area contributed by atoms with E-state index < -0.39 is 0 Å². The summed E-state index contributed by atoms with van der Waals surface area (Å²) >= 11 is 13.5. The molecule has 1 aliphatic rings. The SMILES string of the molecule is O=C1NC(=Nc2c(Cl)cccc2Cl)S/C1=C\c1ccc2ncccc2c1. The molecule has 4 nitrogen and oxygen atoms in total. The van der Waals surface area contributed by atoms with Crippen LogP contribution in [-0.4, -0.2) is 16.1 Å². The maximum absolute atomic E-state index is 12.3. The minimum Gasteiger partial charge on any atom is -0.300 e. The third kappa shape index (κ3) is 3.46. The molecule has 0 bridgehead atoms. The number of amidine groups is 1. The van der Waals surface area contributed by atoms with Gasteiger partial charge in [0.2, 0.25) is 0 Å². The number of thioether (sulfide) groups is 1. The first-order valence-electron chi connectivity index (χ1n) is 7.68. The molecule has 128 valence electrons. The van der Waals surface area contributed by atoms with Crippen molar-refractivity contribution in [3.63, 3.8) is 0 Å². The summed E-state index contributed by atoms with van der Waals surface area (Å²) in [6.45, 7) is 0. The van der Waals surface area contributed by atoms with Crippen molar-refractivity contribution in [2.75, 3.05) is 0 Å². The van der Waals surface area contributed by atoms with Crippen molar-refractivity contribution < 1.29 is 4.79 Å². The van der Waals surface area contributed by atoms with Crippen LogP contribution in [0.3, 0.4) is 0 Å². The Morgan fingerprint density at radius 3 is 2.69 bits per heavy atom. The van der Waals surface area contributed by atoms with Crippen molar-refractivity contribution in [3.8, 4) is 0 Å². The van der Waals surface area contributed by atoms with Crippen LogP contribution in [0, 0.1) is 0 Å². The predicted molar refractivity (Wildman–Crippen MR) is 109 cm³/mol. The van der Waals surface area contributed by atoms with Crippen LogP contribution in [0.5, 0.6) is 0 Å². The summed E-state index contributed by atoms with van der Waals surface area (Å²) < 4.78 is 0. The van der Waals surface area contributed by atoms with E-state index in [0.717, 1.165) is 16.5 Å². The Bertz CT molecular complexity index is 1070. The molecule has 0 unspecified atom stereocenters. The number of nitrogens with zero attached hydrogens (tertiary/aromatic N) is 2. The van der Waals surface area contributed by atoms with Crippen LogP contribution in [0.1, 0.15) is 5.56 Å². The number of hydrogen-bond donors (Lipinski definition) is 1. The minimum atomic E-state index is -0.205. The van der Waals surface area contributed by atoms with Crippen molar-refractivity contribution in [3.05, 3.63) is 75.2 Å². The van der Waals surface area contributed by atoms with Gasteiger partial charge in [0.05, 0.1) is 20.5 Å². The average Bonchev–Trinajstić information content (AvgIpc) is 2.97. The van der Waals surface area contributed by atoms with E-state index in [1.54, 1.807) is 24.4 Å². The Morgan fingerprint density at radius 1 is 1.08 bits per heavy atom. The maximum atomic E-state index is 12.3. The Hall–Kier alpha value is -2.34. The molecule has 7 heteroatoms. The fraction of sp³-hybridized carbons (Fsp3) is 0. The van der Waals surface area contributed by atoms with Crippen molar-refractivity contribution in [2.24, 2.45) is 4.99 Å². The number of aromatic nitrogens is 1. The first-order valence-corrected chi connectivity index (χ1v) is 9.26. The second-order valence-electron chi connectivity index (χ2n) is 5.51. The number of carbonyl (C=O) groups excluding carboxylic acids is 1. The molecule has 0 aliphatic carbocycles. The topological polar surface area (TPSA) is 54.4 Å². The summed E-state index contributed by atoms with van der Waals surface area (Å²) in [7, 11) is 0. The van der Waals surface area contributed by atoms with Gasteiger partial charge in [-0.3, -0.25) is 9.78 Å². The number of hydrogen-bond acceptors (Lipinski definition) is 4. The third-order valence-electron chi connectivity index (χ3n) is 3.73. The molecule has 0 spiro atoms. The van der Waals surface area contributed by atoms with Crippen molar-refractivity contribution in [2.45, 2.75) is 0 Å². The van der Waals surface area contributed by atoms with Gasteiger partial charge in [0, 0.05) is 11.6 Å². The second kappa shape index (κ2) is 7.11. The molecule has 1 saturated heterocycles. The van der Waals surface area contributed by atoms with Crippen molar-refractivity contribution in [1.29, 1.82) is 0 Å². The van der Waals surface area contributed by atoms with Crippen LogP contribution in [0.15, 0.2) is 64.6 Å². The number of carbonyl (C=O) groups is 1. The molecule has 3 aromatic rings. The van der Waals surface area contributed by atoms with Crippen LogP contribution >= 0.6 is 35.0 Å². The highest BCUT2D eigenvalue weighted by Crippen LogP contribution is 2.35. The highest BCUT2D eigenvalue weighted by atomic mass is 35.5. The van der Waals surface area contributed by atoms with E-state index in [4.69, 9.17) is 23.2 Å². The normalized spacial score (nSPS) is 17.2. The van der Waals surface area contributed by atoms with Gasteiger partial charge in [-0.1, -0.05) is 41.4 Å². The van der Waals surface area contributed by atoms with E-state index in [1.165, 1.54) is 11.8 Å². The Labute approximate surface area is 163 Å². The zero-order chi connectivity index (χ0) is 18.1. The van der Waals surface area contributed by atoms with E-state index in [9.17, 15) is 4.79 Å². The van der Waals surface area contributed by atoms with Gasteiger partial charge in [0.15, 0.2) is 5.17 Å². The van der Waals surface area contributed by atoms with Gasteiger partial charge in [0.25, 0.3) is 5.91 Å². The number of amides is 1. The molecular weight excluding hydrogens is 389 g/mol. The van der Waals surface area contributed by atoms with E-state index in [1.807, 2.05) is 36.4 Å². The molecule has 4 rings (SSSR count). The first kappa shape index (κ1) is 17.1. The van der Waals surface area contributed by atoms with Crippen molar-refractivity contribution >= 4 is 68.7 Å².